The van der Waals surface area contributed by atoms with E-state index < -0.39 is 0 Å². The molecule has 2 heterocycles. The smallest absolute Gasteiger partial charge is 0.323 e. The third-order valence-electron chi connectivity index (χ3n) is 4.16. The van der Waals surface area contributed by atoms with Gasteiger partial charge >= 0.3 is 6.03 Å². The fourth-order valence-electron chi connectivity index (χ4n) is 2.74. The van der Waals surface area contributed by atoms with Crippen LogP contribution in [0.5, 0.6) is 0 Å². The highest BCUT2D eigenvalue weighted by atomic mass is 32.1. The fourth-order valence-corrected chi connectivity index (χ4v) is 3.45. The maximum Gasteiger partial charge on any atom is 0.323 e. The zero-order valence-corrected chi connectivity index (χ0v) is 15.4. The first-order chi connectivity index (χ1) is 12.5. The van der Waals surface area contributed by atoms with Crippen molar-refractivity contribution in [3.63, 3.8) is 0 Å². The first-order valence-corrected chi connectivity index (χ1v) is 9.20. The molecular weight excluding hydrogens is 354 g/mol. The van der Waals surface area contributed by atoms with Crippen molar-refractivity contribution in [1.29, 1.82) is 0 Å². The molecule has 1 aliphatic heterocycles. The normalized spacial score (nSPS) is 13.1. The van der Waals surface area contributed by atoms with Crippen LogP contribution in [-0.2, 0) is 6.42 Å². The highest BCUT2D eigenvalue weighted by Gasteiger charge is 2.34. The molecule has 0 saturated carbocycles. The van der Waals surface area contributed by atoms with E-state index in [0.29, 0.717) is 40.8 Å². The quantitative estimate of drug-likeness (QED) is 0.784. The summed E-state index contributed by atoms with van der Waals surface area (Å²) in [6.45, 7) is 5.24. The number of urea groups is 1. The molecule has 0 spiro atoms. The molecule has 0 radical (unpaired) electrons. The van der Waals surface area contributed by atoms with Crippen LogP contribution >= 0.6 is 11.3 Å². The lowest BCUT2D eigenvalue weighted by atomic mass is 10.1. The van der Waals surface area contributed by atoms with E-state index >= 15 is 0 Å². The van der Waals surface area contributed by atoms with Gasteiger partial charge in [-0.2, -0.15) is 0 Å². The van der Waals surface area contributed by atoms with Crippen molar-refractivity contribution >= 4 is 34.3 Å². The molecule has 1 aromatic heterocycles. The van der Waals surface area contributed by atoms with Crippen LogP contribution in [0.3, 0.4) is 0 Å². The number of anilines is 1. The van der Waals surface area contributed by atoms with Crippen molar-refractivity contribution in [2.75, 3.05) is 25.0 Å². The van der Waals surface area contributed by atoms with Crippen LogP contribution in [0.25, 0.3) is 0 Å². The average molecular weight is 373 g/mol. The van der Waals surface area contributed by atoms with E-state index in [4.69, 9.17) is 0 Å². The van der Waals surface area contributed by atoms with Gasteiger partial charge in [-0.05, 0) is 26.0 Å². The lowest BCUT2D eigenvalue weighted by Gasteiger charge is -2.17. The highest BCUT2D eigenvalue weighted by Crippen LogP contribution is 2.23. The van der Waals surface area contributed by atoms with Gasteiger partial charge in [0.25, 0.3) is 11.8 Å². The Kier molecular flexibility index (Phi) is 5.27. The van der Waals surface area contributed by atoms with E-state index in [1.54, 1.807) is 29.2 Å². The third-order valence-corrected chi connectivity index (χ3v) is 5.06. The fraction of sp³-hybridized carbons (Fsp3) is 0.353. The van der Waals surface area contributed by atoms with Crippen molar-refractivity contribution in [3.8, 4) is 0 Å². The third kappa shape index (κ3) is 3.43. The molecule has 2 aromatic rings. The molecule has 26 heavy (non-hydrogen) atoms. The summed E-state index contributed by atoms with van der Waals surface area (Å²) in [7, 11) is 0. The van der Waals surface area contributed by atoms with Gasteiger partial charge in [0, 0.05) is 26.1 Å². The molecule has 1 N–H and O–H groups in total. The number of aromatic nitrogens is 2. The number of nitrogens with one attached hydrogen (secondary N) is 1. The molecule has 0 atom stereocenters. The Hall–Kier alpha value is -2.81. The maximum atomic E-state index is 12.3. The second-order valence-corrected chi connectivity index (χ2v) is 6.72. The number of imide groups is 1. The number of rotatable bonds is 6. The Bertz CT molecular complexity index is 811. The summed E-state index contributed by atoms with van der Waals surface area (Å²) in [5.41, 5.74) is 0.865. The zero-order valence-electron chi connectivity index (χ0n) is 14.6. The molecule has 3 rings (SSSR count). The van der Waals surface area contributed by atoms with E-state index in [9.17, 15) is 14.4 Å². The Morgan fingerprint density at radius 1 is 1.12 bits per heavy atom. The first kappa shape index (κ1) is 18.0. The average Bonchev–Trinajstić information content (AvgIpc) is 3.18. The number of carbonyl (C=O) groups is 3. The summed E-state index contributed by atoms with van der Waals surface area (Å²) in [6, 6.07) is 6.56. The Balaban J connectivity index is 1.60. The molecule has 9 heteroatoms. The predicted octanol–water partition coefficient (Wildman–Crippen LogP) is 2.25. The van der Waals surface area contributed by atoms with Crippen LogP contribution < -0.4 is 5.32 Å². The van der Waals surface area contributed by atoms with Gasteiger partial charge in [-0.3, -0.25) is 19.8 Å². The van der Waals surface area contributed by atoms with Crippen molar-refractivity contribution < 1.29 is 14.4 Å². The lowest BCUT2D eigenvalue weighted by Crippen LogP contribution is -2.34. The van der Waals surface area contributed by atoms with Crippen LogP contribution in [0, 0.1) is 0 Å². The highest BCUT2D eigenvalue weighted by molar-refractivity contribution is 7.15. The van der Waals surface area contributed by atoms with Crippen LogP contribution in [0.1, 0.15) is 39.6 Å². The summed E-state index contributed by atoms with van der Waals surface area (Å²) in [5.74, 6) is -0.574. The molecule has 0 unspecified atom stereocenters. The van der Waals surface area contributed by atoms with Gasteiger partial charge in [-0.15, -0.1) is 10.2 Å². The number of amides is 4. The van der Waals surface area contributed by atoms with E-state index in [1.165, 1.54) is 16.2 Å². The van der Waals surface area contributed by atoms with Gasteiger partial charge in [0.05, 0.1) is 11.1 Å². The predicted molar refractivity (Wildman–Crippen MR) is 97.4 cm³/mol. The minimum Gasteiger partial charge on any atom is -0.325 e. The van der Waals surface area contributed by atoms with Crippen molar-refractivity contribution in [3.05, 3.63) is 40.4 Å². The molecule has 136 valence electrons. The number of nitrogens with zero attached hydrogens (tertiary/aromatic N) is 4. The van der Waals surface area contributed by atoms with E-state index in [1.807, 2.05) is 13.8 Å². The summed E-state index contributed by atoms with van der Waals surface area (Å²) in [5, 5.41) is 11.7. The molecule has 0 bridgehead atoms. The van der Waals surface area contributed by atoms with Crippen LogP contribution in [0.15, 0.2) is 24.3 Å². The van der Waals surface area contributed by atoms with E-state index in [0.717, 1.165) is 0 Å². The zero-order chi connectivity index (χ0) is 18.7. The number of hydrogen-bond donors (Lipinski definition) is 1. The minimum absolute atomic E-state index is 0.224. The molecule has 0 fully saturated rings. The Morgan fingerprint density at radius 3 is 2.31 bits per heavy atom. The van der Waals surface area contributed by atoms with Crippen molar-refractivity contribution in [1.82, 2.24) is 20.0 Å². The number of fused-ring (bicyclic) bond motifs is 1. The SMILES string of the molecule is CCN(CC)C(=O)Nc1nnc(CCN2C(=O)c3ccccc3C2=O)s1. The van der Waals surface area contributed by atoms with Gasteiger partial charge in [-0.25, -0.2) is 4.79 Å². The molecular formula is C17H19N5O3S. The molecule has 1 aliphatic rings. The van der Waals surface area contributed by atoms with Crippen LogP contribution in [0.2, 0.25) is 0 Å². The molecule has 4 amide bonds. The van der Waals surface area contributed by atoms with Crippen molar-refractivity contribution in [2.45, 2.75) is 20.3 Å². The molecule has 1 aromatic carbocycles. The summed E-state index contributed by atoms with van der Waals surface area (Å²) >= 11 is 1.24. The monoisotopic (exact) mass is 373 g/mol. The second-order valence-electron chi connectivity index (χ2n) is 5.66. The van der Waals surface area contributed by atoms with Gasteiger partial charge in [-0.1, -0.05) is 23.5 Å². The maximum absolute atomic E-state index is 12.3. The van der Waals surface area contributed by atoms with Gasteiger partial charge in [0.2, 0.25) is 5.13 Å². The van der Waals surface area contributed by atoms with Crippen LogP contribution in [0.4, 0.5) is 9.93 Å². The standard InChI is InChI=1S/C17H19N5O3S/c1-3-21(4-2)17(25)18-16-20-19-13(26-16)9-10-22-14(23)11-7-5-6-8-12(11)15(22)24/h5-8H,3-4,9-10H2,1-2H3,(H,18,20,25). The first-order valence-electron chi connectivity index (χ1n) is 8.38. The summed E-state index contributed by atoms with van der Waals surface area (Å²) < 4.78 is 0. The Labute approximate surface area is 154 Å². The lowest BCUT2D eigenvalue weighted by molar-refractivity contribution is 0.0656. The molecule has 0 aliphatic carbocycles. The van der Waals surface area contributed by atoms with Gasteiger partial charge in [0.1, 0.15) is 5.01 Å². The van der Waals surface area contributed by atoms with Crippen LogP contribution in [-0.4, -0.2) is 57.5 Å². The van der Waals surface area contributed by atoms with Gasteiger partial charge < -0.3 is 4.90 Å². The topological polar surface area (TPSA) is 95.5 Å². The second kappa shape index (κ2) is 7.61. The summed E-state index contributed by atoms with van der Waals surface area (Å²) in [6.07, 6.45) is 0.393. The largest absolute Gasteiger partial charge is 0.325 e. The van der Waals surface area contributed by atoms with E-state index in [-0.39, 0.29) is 24.4 Å². The van der Waals surface area contributed by atoms with E-state index in [2.05, 4.69) is 15.5 Å². The Morgan fingerprint density at radius 2 is 1.73 bits per heavy atom. The summed E-state index contributed by atoms with van der Waals surface area (Å²) in [4.78, 5) is 39.5. The van der Waals surface area contributed by atoms with Gasteiger partial charge in [0.15, 0.2) is 0 Å². The van der Waals surface area contributed by atoms with Crippen molar-refractivity contribution in [2.24, 2.45) is 0 Å². The molecule has 8 nitrogen and oxygen atoms in total. The number of carbonyl (C=O) groups excluding carboxylic acids is 3. The number of benzene rings is 1. The minimum atomic E-state index is -0.287. The number of hydrogen-bond acceptors (Lipinski definition) is 6. The molecule has 0 saturated heterocycles.